The third-order valence-electron chi connectivity index (χ3n) is 14.7. The van der Waals surface area contributed by atoms with Crippen molar-refractivity contribution in [3.63, 3.8) is 0 Å². The molecule has 1 aromatic rings. The van der Waals surface area contributed by atoms with Crippen molar-refractivity contribution in [3.05, 3.63) is 46.0 Å². The molecular formula is C39H55N3O5S6. The number of benzene rings is 1. The average molecular weight is 838 g/mol. The van der Waals surface area contributed by atoms with Gasteiger partial charge in [0, 0.05) is 72.2 Å². The van der Waals surface area contributed by atoms with Crippen LogP contribution in [0.5, 0.6) is 0 Å². The number of rotatable bonds is 5. The Morgan fingerprint density at radius 2 is 1.83 bits per heavy atom. The van der Waals surface area contributed by atoms with Gasteiger partial charge in [0.05, 0.1) is 24.0 Å². The Kier molecular flexibility index (Phi) is 12.1. The monoisotopic (exact) mass is 837 g/mol. The molecule has 4 heterocycles. The molecule has 292 valence electrons. The fourth-order valence-electron chi connectivity index (χ4n) is 12.1. The lowest BCUT2D eigenvalue weighted by atomic mass is 9.46. The summed E-state index contributed by atoms with van der Waals surface area (Å²) in [6.45, 7) is 3.36. The van der Waals surface area contributed by atoms with Crippen LogP contribution in [0.3, 0.4) is 0 Å². The number of aliphatic hydroxyl groups excluding tert-OH is 4. The van der Waals surface area contributed by atoms with E-state index in [-0.39, 0.29) is 83.6 Å². The second-order valence-electron chi connectivity index (χ2n) is 16.9. The van der Waals surface area contributed by atoms with Crippen molar-refractivity contribution in [1.29, 1.82) is 0 Å². The minimum atomic E-state index is -0.376. The van der Waals surface area contributed by atoms with Crippen LogP contribution in [-0.2, 0) is 17.8 Å². The van der Waals surface area contributed by atoms with Crippen LogP contribution in [0.15, 0.2) is 34.3 Å². The van der Waals surface area contributed by atoms with E-state index in [9.17, 15) is 20.4 Å². The zero-order valence-electron chi connectivity index (χ0n) is 30.5. The van der Waals surface area contributed by atoms with Gasteiger partial charge in [-0.3, -0.25) is 9.79 Å². The quantitative estimate of drug-likeness (QED) is 0.189. The highest BCUT2D eigenvalue weighted by molar-refractivity contribution is 8.77. The van der Waals surface area contributed by atoms with Gasteiger partial charge in [-0.15, -0.1) is 0 Å². The maximum Gasteiger partial charge on any atom is 0.189 e. The third kappa shape index (κ3) is 6.78. The van der Waals surface area contributed by atoms with Gasteiger partial charge in [-0.2, -0.15) is 0 Å². The van der Waals surface area contributed by atoms with Crippen molar-refractivity contribution in [3.8, 4) is 0 Å². The van der Waals surface area contributed by atoms with Crippen LogP contribution in [0, 0.1) is 52.3 Å². The number of hydrogen-bond acceptors (Lipinski definition) is 14. The summed E-state index contributed by atoms with van der Waals surface area (Å²) in [6.07, 6.45) is 5.82. The number of carbonyl (C=O) groups excluding carboxylic acids is 1. The Morgan fingerprint density at radius 3 is 2.62 bits per heavy atom. The van der Waals surface area contributed by atoms with Crippen molar-refractivity contribution in [2.45, 2.75) is 69.3 Å². The normalized spacial score (nSPS) is 41.6. The van der Waals surface area contributed by atoms with Crippen LogP contribution in [0.2, 0.25) is 0 Å². The Bertz CT molecular complexity index is 1620. The predicted octanol–water partition coefficient (Wildman–Crippen LogP) is 6.13. The van der Waals surface area contributed by atoms with E-state index in [2.05, 4.69) is 24.4 Å². The van der Waals surface area contributed by atoms with Crippen molar-refractivity contribution in [1.82, 2.24) is 5.32 Å². The Morgan fingerprint density at radius 1 is 0.981 bits per heavy atom. The second kappa shape index (κ2) is 16.2. The highest BCUT2D eigenvalue weighted by Crippen LogP contribution is 2.77. The predicted molar refractivity (Wildman–Crippen MR) is 227 cm³/mol. The molecule has 2 spiro atoms. The smallest absolute Gasteiger partial charge is 0.189 e. The van der Waals surface area contributed by atoms with E-state index >= 15 is 4.79 Å². The van der Waals surface area contributed by atoms with E-state index in [0.29, 0.717) is 37.0 Å². The van der Waals surface area contributed by atoms with Gasteiger partial charge < -0.3 is 31.5 Å². The van der Waals surface area contributed by atoms with Gasteiger partial charge in [0.1, 0.15) is 0 Å². The fourth-order valence-corrected chi connectivity index (χ4v) is 20.7. The molecule has 0 amide bonds. The molecule has 0 aromatic heterocycles. The lowest BCUT2D eigenvalue weighted by Gasteiger charge is -2.58. The van der Waals surface area contributed by atoms with E-state index in [1.54, 1.807) is 10.8 Å². The minimum Gasteiger partial charge on any atom is -0.396 e. The van der Waals surface area contributed by atoms with Gasteiger partial charge in [0.15, 0.2) is 11.7 Å². The highest BCUT2D eigenvalue weighted by Gasteiger charge is 2.71. The molecular weight excluding hydrogens is 783 g/mol. The topological polar surface area (TPSA) is 148 Å². The van der Waals surface area contributed by atoms with Crippen LogP contribution in [0.1, 0.15) is 67.4 Å². The highest BCUT2D eigenvalue weighted by atomic mass is 33.1. The summed E-state index contributed by atoms with van der Waals surface area (Å²) in [4.78, 5) is 19.9. The number of aliphatic imine (C=N–C) groups is 1. The van der Waals surface area contributed by atoms with Crippen LogP contribution in [0.4, 0.5) is 0 Å². The summed E-state index contributed by atoms with van der Waals surface area (Å²) in [6, 6.07) is 6.29. The molecule has 8 rings (SSSR count). The molecule has 7 aliphatic rings. The van der Waals surface area contributed by atoms with Gasteiger partial charge in [-0.1, -0.05) is 95.5 Å². The molecule has 4 aliphatic heterocycles. The Labute approximate surface area is 338 Å². The van der Waals surface area contributed by atoms with Crippen LogP contribution in [0.25, 0.3) is 0 Å². The van der Waals surface area contributed by atoms with Crippen molar-refractivity contribution in [2.75, 3.05) is 55.1 Å². The molecule has 11 atom stereocenters. The number of guanidine groups is 1. The van der Waals surface area contributed by atoms with E-state index in [0.717, 1.165) is 83.1 Å². The maximum absolute atomic E-state index is 15.1. The standard InChI is InChI=1S/C39H55N3O5S6/c1-37-5-7-48-52-21-38-12-27(19-51-53-33(17-46)22-2-3-23(15-44)25(8-22)9-29(38)14-41-36(40)42-38)30-20-50-49-18-24(4-6-43)35-26(16-45)10-28(37)11-31-34(30)32(47)13-39(31,35)37/h2-3,8,24,26-30,33,35,43-46H,4-7,9-21H2,1H3,(H3,40,41,42)/t24-,26-,27+,28-,29+,30+,33-,35-,37+,38-,39-/m1/s1. The van der Waals surface area contributed by atoms with Crippen LogP contribution < -0.4 is 11.1 Å². The SMILES string of the molecule is C[C@]12CCSSC[C@]34C[C@@H](CSS[C@H](CO)c5ccc(CO)c(c5)C[C@H]3CN=C(N)N4)[C@@H]3CSSC[C@@H](CCO)[C@@H]4[C@@H](CO)C[C@@H]1CC1=C3C(=O)C[C@@]142. The lowest BCUT2D eigenvalue weighted by Crippen LogP contribution is -2.63. The van der Waals surface area contributed by atoms with E-state index < -0.39 is 0 Å². The van der Waals surface area contributed by atoms with Gasteiger partial charge in [0.2, 0.25) is 0 Å². The van der Waals surface area contributed by atoms with Gasteiger partial charge in [0.25, 0.3) is 0 Å². The molecule has 2 saturated carbocycles. The largest absolute Gasteiger partial charge is 0.396 e. The number of Topliss-reactive ketones (excluding diaryl/α,β-unsaturated/α-hetero) is 1. The Hall–Kier alpha value is -0.160. The molecule has 1 aromatic carbocycles. The molecule has 2 fully saturated rings. The van der Waals surface area contributed by atoms with Gasteiger partial charge in [-0.05, 0) is 95.8 Å². The summed E-state index contributed by atoms with van der Waals surface area (Å²) in [5.74, 6) is 6.61. The number of nitrogens with two attached hydrogens (primary N) is 1. The summed E-state index contributed by atoms with van der Waals surface area (Å²) >= 11 is 0. The molecule has 8 nitrogen and oxygen atoms in total. The van der Waals surface area contributed by atoms with Crippen LogP contribution in [-0.4, -0.2) is 92.8 Å². The first-order valence-electron chi connectivity index (χ1n) is 19.4. The minimum absolute atomic E-state index is 0.0263. The lowest BCUT2D eigenvalue weighted by molar-refractivity contribution is -0.129. The number of fused-ring (bicyclic) bond motifs is 4. The average Bonchev–Trinajstić information content (AvgIpc) is 3.47. The summed E-state index contributed by atoms with van der Waals surface area (Å²) < 4.78 is 0. The number of ketones is 1. The number of aliphatic hydroxyl groups is 4. The molecule has 3 aliphatic carbocycles. The summed E-state index contributed by atoms with van der Waals surface area (Å²) in [5.41, 5.74) is 11.6. The van der Waals surface area contributed by atoms with E-state index in [4.69, 9.17) is 10.7 Å². The van der Waals surface area contributed by atoms with Crippen molar-refractivity contribution >= 4 is 76.5 Å². The van der Waals surface area contributed by atoms with Gasteiger partial charge in [-0.25, -0.2) is 0 Å². The zero-order valence-corrected chi connectivity index (χ0v) is 35.4. The maximum atomic E-state index is 15.1. The van der Waals surface area contributed by atoms with Gasteiger partial charge >= 0.3 is 0 Å². The number of nitrogens with one attached hydrogen (secondary N) is 1. The first-order valence-corrected chi connectivity index (χ1v) is 26.7. The van der Waals surface area contributed by atoms with Crippen molar-refractivity contribution in [2.24, 2.45) is 63.0 Å². The number of allylic oxidation sites excluding steroid dienone is 2. The Balaban J connectivity index is 1.31. The first-order chi connectivity index (χ1) is 25.7. The molecule has 53 heavy (non-hydrogen) atoms. The fraction of sp³-hybridized carbons (Fsp3) is 0.744. The molecule has 7 N–H and O–H groups in total. The molecule has 14 heteroatoms. The number of carbonyl (C=O) groups is 1. The van der Waals surface area contributed by atoms with E-state index in [1.807, 2.05) is 60.0 Å². The second-order valence-corrected chi connectivity index (χ2v) is 24.6. The molecule has 0 saturated heterocycles. The number of nitrogens with zero attached hydrogens (tertiary/aromatic N) is 1. The van der Waals surface area contributed by atoms with Crippen LogP contribution >= 0.6 is 64.8 Å². The molecule has 10 bridgehead atoms. The summed E-state index contributed by atoms with van der Waals surface area (Å²) in [5, 5.41) is 46.3. The molecule has 0 unspecified atom stereocenters. The third-order valence-corrected chi connectivity index (χ3v) is 22.6. The number of hydrogen-bond donors (Lipinski definition) is 6. The van der Waals surface area contributed by atoms with E-state index in [1.165, 1.54) is 5.57 Å². The van der Waals surface area contributed by atoms with Crippen molar-refractivity contribution < 1.29 is 25.2 Å². The first kappa shape index (κ1) is 39.7. The summed E-state index contributed by atoms with van der Waals surface area (Å²) in [7, 11) is 11.3. The zero-order chi connectivity index (χ0) is 37.0. The molecule has 0 radical (unpaired) electrons.